The van der Waals surface area contributed by atoms with Crippen molar-refractivity contribution in [1.29, 1.82) is 0 Å². The number of hydrogen-bond donors (Lipinski definition) is 2. The van der Waals surface area contributed by atoms with Crippen LogP contribution in [0.4, 0.5) is 0 Å². The number of allylic oxidation sites excluding steroid dienone is 1. The standard InChI is InChI=1S/C21H26N2O3/c1-26-18-9-7-16-13-17(21(25)23-19(16)14-18)8-10-20(24)22-12-11-15-5-3-2-4-6-15/h5,7,9,13-14H,2-4,6,8,10-12H2,1H3,(H,22,24)(H,23,25). The highest BCUT2D eigenvalue weighted by Gasteiger charge is 2.08. The van der Waals surface area contributed by atoms with Gasteiger partial charge in [0.05, 0.1) is 12.6 Å². The number of ether oxygens (including phenoxy) is 1. The van der Waals surface area contributed by atoms with Crippen molar-refractivity contribution < 1.29 is 9.53 Å². The Morgan fingerprint density at radius 3 is 2.88 bits per heavy atom. The molecule has 1 amide bonds. The smallest absolute Gasteiger partial charge is 0.251 e. The maximum Gasteiger partial charge on any atom is 0.251 e. The summed E-state index contributed by atoms with van der Waals surface area (Å²) in [5.41, 5.74) is 2.68. The van der Waals surface area contributed by atoms with Crippen molar-refractivity contribution in [3.8, 4) is 5.75 Å². The topological polar surface area (TPSA) is 71.2 Å². The average molecular weight is 354 g/mol. The minimum Gasteiger partial charge on any atom is -0.497 e. The Morgan fingerprint density at radius 1 is 1.23 bits per heavy atom. The van der Waals surface area contributed by atoms with E-state index in [1.54, 1.807) is 13.2 Å². The van der Waals surface area contributed by atoms with E-state index in [1.807, 2.05) is 18.2 Å². The number of nitrogens with one attached hydrogen (secondary N) is 2. The van der Waals surface area contributed by atoms with Crippen molar-refractivity contribution >= 4 is 16.8 Å². The van der Waals surface area contributed by atoms with E-state index < -0.39 is 0 Å². The van der Waals surface area contributed by atoms with Crippen molar-refractivity contribution in [1.82, 2.24) is 10.3 Å². The quantitative estimate of drug-likeness (QED) is 0.748. The predicted octanol–water partition coefficient (Wildman–Crippen LogP) is 3.48. The van der Waals surface area contributed by atoms with Gasteiger partial charge in [-0.15, -0.1) is 0 Å². The van der Waals surface area contributed by atoms with Crippen LogP contribution < -0.4 is 15.6 Å². The number of methoxy groups -OCH3 is 1. The van der Waals surface area contributed by atoms with Crippen LogP contribution in [-0.4, -0.2) is 24.5 Å². The Kier molecular flexibility index (Phi) is 6.10. The molecule has 26 heavy (non-hydrogen) atoms. The minimum absolute atomic E-state index is 0.00404. The van der Waals surface area contributed by atoms with Crippen LogP contribution in [0.15, 0.2) is 40.7 Å². The third-order valence-electron chi connectivity index (χ3n) is 4.90. The number of amides is 1. The van der Waals surface area contributed by atoms with Crippen LogP contribution in [0.3, 0.4) is 0 Å². The fourth-order valence-corrected chi connectivity index (χ4v) is 3.37. The van der Waals surface area contributed by atoms with Crippen molar-refractivity contribution in [2.45, 2.75) is 44.9 Å². The summed E-state index contributed by atoms with van der Waals surface area (Å²) in [6, 6.07) is 7.42. The molecule has 2 aromatic rings. The number of aromatic amines is 1. The third kappa shape index (κ3) is 4.75. The second kappa shape index (κ2) is 8.70. The van der Waals surface area contributed by atoms with E-state index in [9.17, 15) is 9.59 Å². The van der Waals surface area contributed by atoms with Gasteiger partial charge in [-0.1, -0.05) is 11.6 Å². The number of pyridine rings is 1. The summed E-state index contributed by atoms with van der Waals surface area (Å²) in [5.74, 6) is 0.698. The molecular formula is C21H26N2O3. The molecule has 0 fully saturated rings. The molecule has 0 saturated heterocycles. The highest BCUT2D eigenvalue weighted by Crippen LogP contribution is 2.20. The first-order valence-corrected chi connectivity index (χ1v) is 9.30. The molecule has 138 valence electrons. The number of aromatic nitrogens is 1. The normalized spacial score (nSPS) is 14.1. The van der Waals surface area contributed by atoms with E-state index in [0.29, 0.717) is 30.7 Å². The maximum atomic E-state index is 12.2. The molecule has 0 aliphatic heterocycles. The lowest BCUT2D eigenvalue weighted by Crippen LogP contribution is -2.26. The summed E-state index contributed by atoms with van der Waals surface area (Å²) < 4.78 is 5.17. The van der Waals surface area contributed by atoms with Crippen molar-refractivity contribution in [3.63, 3.8) is 0 Å². The Bertz CT molecular complexity index is 867. The lowest BCUT2D eigenvalue weighted by molar-refractivity contribution is -0.121. The molecule has 1 aliphatic carbocycles. The minimum atomic E-state index is -0.147. The van der Waals surface area contributed by atoms with Gasteiger partial charge >= 0.3 is 0 Å². The summed E-state index contributed by atoms with van der Waals surface area (Å²) in [6.45, 7) is 0.679. The Labute approximate surface area is 153 Å². The molecule has 0 unspecified atom stereocenters. The molecule has 1 aromatic heterocycles. The van der Waals surface area contributed by atoms with E-state index in [4.69, 9.17) is 4.74 Å². The zero-order chi connectivity index (χ0) is 18.4. The monoisotopic (exact) mass is 354 g/mol. The van der Waals surface area contributed by atoms with Gasteiger partial charge in [0.15, 0.2) is 0 Å². The van der Waals surface area contributed by atoms with E-state index in [2.05, 4.69) is 16.4 Å². The summed E-state index contributed by atoms with van der Waals surface area (Å²) in [4.78, 5) is 27.2. The fourth-order valence-electron chi connectivity index (χ4n) is 3.37. The van der Waals surface area contributed by atoms with Gasteiger partial charge in [-0.25, -0.2) is 0 Å². The van der Waals surface area contributed by atoms with Crippen LogP contribution in [-0.2, 0) is 11.2 Å². The van der Waals surface area contributed by atoms with Crippen molar-refractivity contribution in [2.75, 3.05) is 13.7 Å². The molecule has 1 aromatic carbocycles. The number of aryl methyl sites for hydroxylation is 1. The molecule has 1 heterocycles. The SMILES string of the molecule is COc1ccc2cc(CCC(=O)NCCC3=CCCCC3)c(=O)[nH]c2c1. The van der Waals surface area contributed by atoms with Crippen molar-refractivity contribution in [3.05, 3.63) is 51.8 Å². The van der Waals surface area contributed by atoms with Crippen LogP contribution in [0.5, 0.6) is 5.75 Å². The van der Waals surface area contributed by atoms with Gasteiger partial charge in [-0.2, -0.15) is 0 Å². The van der Waals surface area contributed by atoms with Gasteiger partial charge < -0.3 is 15.0 Å². The van der Waals surface area contributed by atoms with Crippen molar-refractivity contribution in [2.24, 2.45) is 0 Å². The fraction of sp³-hybridized carbons (Fsp3) is 0.429. The highest BCUT2D eigenvalue weighted by atomic mass is 16.5. The zero-order valence-electron chi connectivity index (χ0n) is 15.3. The number of H-pyrrole nitrogens is 1. The first-order valence-electron chi connectivity index (χ1n) is 9.30. The number of carbonyl (C=O) groups excluding carboxylic acids is 1. The Balaban J connectivity index is 1.53. The number of hydrogen-bond acceptors (Lipinski definition) is 3. The van der Waals surface area contributed by atoms with Crippen LogP contribution in [0.25, 0.3) is 10.9 Å². The molecule has 0 atom stereocenters. The first-order chi connectivity index (χ1) is 12.7. The molecule has 0 radical (unpaired) electrons. The van der Waals surface area contributed by atoms with Crippen LogP contribution >= 0.6 is 0 Å². The van der Waals surface area contributed by atoms with Gasteiger partial charge in [0.25, 0.3) is 5.56 Å². The first kappa shape index (κ1) is 18.2. The largest absolute Gasteiger partial charge is 0.497 e. The number of rotatable bonds is 7. The predicted molar refractivity (Wildman–Crippen MR) is 104 cm³/mol. The molecule has 5 heteroatoms. The molecule has 0 saturated carbocycles. The van der Waals surface area contributed by atoms with Crippen LogP contribution in [0.1, 0.15) is 44.1 Å². The molecule has 1 aliphatic rings. The van der Waals surface area contributed by atoms with E-state index in [0.717, 1.165) is 23.7 Å². The summed E-state index contributed by atoms with van der Waals surface area (Å²) in [6.07, 6.45) is 8.87. The average Bonchev–Trinajstić information content (AvgIpc) is 2.66. The summed E-state index contributed by atoms with van der Waals surface area (Å²) in [7, 11) is 1.59. The van der Waals surface area contributed by atoms with E-state index >= 15 is 0 Å². The third-order valence-corrected chi connectivity index (χ3v) is 4.90. The van der Waals surface area contributed by atoms with Gasteiger partial charge in [-0.3, -0.25) is 9.59 Å². The molecular weight excluding hydrogens is 328 g/mol. The van der Waals surface area contributed by atoms with Gasteiger partial charge in [0.1, 0.15) is 5.75 Å². The van der Waals surface area contributed by atoms with Crippen LogP contribution in [0, 0.1) is 0 Å². The molecule has 0 bridgehead atoms. The summed E-state index contributed by atoms with van der Waals surface area (Å²) in [5, 5.41) is 3.90. The summed E-state index contributed by atoms with van der Waals surface area (Å²) >= 11 is 0. The van der Waals surface area contributed by atoms with E-state index in [1.165, 1.54) is 24.8 Å². The van der Waals surface area contributed by atoms with Gasteiger partial charge in [-0.05, 0) is 62.1 Å². The molecule has 3 rings (SSSR count). The Morgan fingerprint density at radius 2 is 2.12 bits per heavy atom. The number of carbonyl (C=O) groups is 1. The molecule has 5 nitrogen and oxygen atoms in total. The van der Waals surface area contributed by atoms with Gasteiger partial charge in [0, 0.05) is 24.6 Å². The van der Waals surface area contributed by atoms with Gasteiger partial charge in [0.2, 0.25) is 5.91 Å². The second-order valence-corrected chi connectivity index (χ2v) is 6.78. The zero-order valence-corrected chi connectivity index (χ0v) is 15.3. The second-order valence-electron chi connectivity index (χ2n) is 6.78. The molecule has 2 N–H and O–H groups in total. The lowest BCUT2D eigenvalue weighted by atomic mass is 9.97. The van der Waals surface area contributed by atoms with E-state index in [-0.39, 0.29) is 11.5 Å². The van der Waals surface area contributed by atoms with Crippen LogP contribution in [0.2, 0.25) is 0 Å². The molecule has 0 spiro atoms. The highest BCUT2D eigenvalue weighted by molar-refractivity contribution is 5.81. The number of benzene rings is 1. The lowest BCUT2D eigenvalue weighted by Gasteiger charge is -2.13. The number of fused-ring (bicyclic) bond motifs is 1. The maximum absolute atomic E-state index is 12.2. The Hall–Kier alpha value is -2.56.